The van der Waals surface area contributed by atoms with Gasteiger partial charge in [0, 0.05) is 17.8 Å². The van der Waals surface area contributed by atoms with Gasteiger partial charge >= 0.3 is 0 Å². The van der Waals surface area contributed by atoms with Crippen LogP contribution in [-0.2, 0) is 11.3 Å². The Labute approximate surface area is 165 Å². The molecule has 0 radical (unpaired) electrons. The third kappa shape index (κ3) is 4.37. The fourth-order valence-electron chi connectivity index (χ4n) is 2.42. The number of hydrogen-bond donors (Lipinski definition) is 2. The van der Waals surface area contributed by atoms with Gasteiger partial charge in [-0.05, 0) is 49.6 Å². The largest absolute Gasteiger partial charge is 0.366 e. The molecule has 1 aromatic carbocycles. The zero-order chi connectivity index (χ0) is 19.4. The molecule has 27 heavy (non-hydrogen) atoms. The molecule has 2 amide bonds. The van der Waals surface area contributed by atoms with Gasteiger partial charge in [-0.25, -0.2) is 0 Å². The van der Waals surface area contributed by atoms with Crippen molar-refractivity contribution in [3.05, 3.63) is 47.3 Å². The van der Waals surface area contributed by atoms with E-state index in [1.165, 1.54) is 11.8 Å². The highest BCUT2D eigenvalue weighted by atomic mass is 32.2. The van der Waals surface area contributed by atoms with E-state index < -0.39 is 5.91 Å². The number of nitrogens with zero attached hydrogens (tertiary/aromatic N) is 3. The van der Waals surface area contributed by atoms with Crippen molar-refractivity contribution >= 4 is 40.6 Å². The summed E-state index contributed by atoms with van der Waals surface area (Å²) in [5, 5.41) is 13.7. The van der Waals surface area contributed by atoms with Gasteiger partial charge in [0.1, 0.15) is 0 Å². The minimum Gasteiger partial charge on any atom is -0.366 e. The number of carbonyl (C=O) groups excluding carboxylic acids is 2. The van der Waals surface area contributed by atoms with Crippen molar-refractivity contribution in [1.82, 2.24) is 14.8 Å². The van der Waals surface area contributed by atoms with Crippen LogP contribution in [0, 0.1) is 0 Å². The molecule has 0 aliphatic heterocycles. The van der Waals surface area contributed by atoms with E-state index in [9.17, 15) is 9.59 Å². The molecule has 7 nitrogen and oxygen atoms in total. The molecule has 0 aliphatic carbocycles. The van der Waals surface area contributed by atoms with Crippen molar-refractivity contribution in [3.8, 4) is 10.7 Å². The van der Waals surface area contributed by atoms with Gasteiger partial charge in [0.2, 0.25) is 11.8 Å². The fraction of sp³-hybridized carbons (Fsp3) is 0.222. The number of rotatable bonds is 7. The van der Waals surface area contributed by atoms with Crippen LogP contribution in [-0.4, -0.2) is 31.8 Å². The Bertz CT molecular complexity index is 935. The number of thioether (sulfide) groups is 1. The van der Waals surface area contributed by atoms with Crippen LogP contribution in [0.1, 0.15) is 24.2 Å². The first-order chi connectivity index (χ1) is 13.0. The van der Waals surface area contributed by atoms with E-state index in [0.29, 0.717) is 23.0 Å². The number of primary amides is 1. The van der Waals surface area contributed by atoms with Gasteiger partial charge in [0.15, 0.2) is 11.0 Å². The average Bonchev–Trinajstić information content (AvgIpc) is 3.31. The third-order valence-corrected chi connectivity index (χ3v) is 5.81. The summed E-state index contributed by atoms with van der Waals surface area (Å²) in [7, 11) is 0. The zero-order valence-corrected chi connectivity index (χ0v) is 16.5. The van der Waals surface area contributed by atoms with Crippen molar-refractivity contribution in [2.45, 2.75) is 30.8 Å². The van der Waals surface area contributed by atoms with Crippen LogP contribution in [0.3, 0.4) is 0 Å². The van der Waals surface area contributed by atoms with Gasteiger partial charge in [-0.1, -0.05) is 17.8 Å². The first-order valence-corrected chi connectivity index (χ1v) is 10.1. The Hall–Kier alpha value is -2.65. The van der Waals surface area contributed by atoms with Crippen LogP contribution < -0.4 is 11.1 Å². The van der Waals surface area contributed by atoms with E-state index in [0.717, 1.165) is 10.7 Å². The highest BCUT2D eigenvalue weighted by Crippen LogP contribution is 2.29. The van der Waals surface area contributed by atoms with E-state index in [1.54, 1.807) is 35.6 Å². The summed E-state index contributed by atoms with van der Waals surface area (Å²) in [4.78, 5) is 24.6. The van der Waals surface area contributed by atoms with Gasteiger partial charge in [-0.2, -0.15) is 0 Å². The molecule has 0 bridgehead atoms. The Morgan fingerprint density at radius 1 is 1.26 bits per heavy atom. The lowest BCUT2D eigenvalue weighted by Gasteiger charge is -2.12. The number of aromatic nitrogens is 3. The molecule has 0 saturated heterocycles. The topological polar surface area (TPSA) is 103 Å². The molecule has 0 fully saturated rings. The van der Waals surface area contributed by atoms with Gasteiger partial charge < -0.3 is 15.6 Å². The van der Waals surface area contributed by atoms with Crippen LogP contribution in [0.4, 0.5) is 5.69 Å². The lowest BCUT2D eigenvalue weighted by molar-refractivity contribution is -0.115. The highest BCUT2D eigenvalue weighted by Gasteiger charge is 2.20. The molecule has 140 valence electrons. The van der Waals surface area contributed by atoms with Crippen molar-refractivity contribution in [2.24, 2.45) is 5.73 Å². The molecule has 1 unspecified atom stereocenters. The maximum atomic E-state index is 12.5. The zero-order valence-electron chi connectivity index (χ0n) is 14.9. The summed E-state index contributed by atoms with van der Waals surface area (Å²) >= 11 is 2.96. The molecule has 3 N–H and O–H groups in total. The smallest absolute Gasteiger partial charge is 0.248 e. The molecular formula is C18H19N5O2S2. The second-order valence-electron chi connectivity index (χ2n) is 5.72. The maximum absolute atomic E-state index is 12.5. The fourth-order valence-corrected chi connectivity index (χ4v) is 4.05. The van der Waals surface area contributed by atoms with Crippen molar-refractivity contribution in [1.29, 1.82) is 0 Å². The SMILES string of the molecule is CCn1c(SC(C)C(=O)Nc2ccc(C(N)=O)cc2)nnc1-c1cccs1. The molecule has 2 heterocycles. The summed E-state index contributed by atoms with van der Waals surface area (Å²) in [5.41, 5.74) is 6.22. The number of hydrogen-bond acceptors (Lipinski definition) is 6. The van der Waals surface area contributed by atoms with E-state index in [-0.39, 0.29) is 11.2 Å². The Balaban J connectivity index is 1.68. The summed E-state index contributed by atoms with van der Waals surface area (Å²) in [6.45, 7) is 4.55. The predicted molar refractivity (Wildman–Crippen MR) is 108 cm³/mol. The van der Waals surface area contributed by atoms with E-state index in [4.69, 9.17) is 5.73 Å². The minimum atomic E-state index is -0.503. The number of nitrogens with two attached hydrogens (primary N) is 1. The molecule has 3 rings (SSSR count). The summed E-state index contributed by atoms with van der Waals surface area (Å²) in [6, 6.07) is 10.4. The van der Waals surface area contributed by atoms with Crippen LogP contribution in [0.5, 0.6) is 0 Å². The predicted octanol–water partition coefficient (Wildman–Crippen LogP) is 3.24. The lowest BCUT2D eigenvalue weighted by atomic mass is 10.2. The molecule has 3 aromatic rings. The van der Waals surface area contributed by atoms with Crippen LogP contribution in [0.25, 0.3) is 10.7 Å². The van der Waals surface area contributed by atoms with Crippen molar-refractivity contribution in [2.75, 3.05) is 5.32 Å². The number of amides is 2. The van der Waals surface area contributed by atoms with Gasteiger partial charge in [0.05, 0.1) is 10.1 Å². The Morgan fingerprint density at radius 3 is 2.59 bits per heavy atom. The third-order valence-electron chi connectivity index (χ3n) is 3.86. The van der Waals surface area contributed by atoms with Gasteiger partial charge in [-0.15, -0.1) is 21.5 Å². The first-order valence-electron chi connectivity index (χ1n) is 8.34. The summed E-state index contributed by atoms with van der Waals surface area (Å²) in [5.74, 6) is 0.150. The Kier molecular flexibility index (Phi) is 5.92. The van der Waals surface area contributed by atoms with E-state index in [2.05, 4.69) is 15.5 Å². The van der Waals surface area contributed by atoms with Crippen LogP contribution >= 0.6 is 23.1 Å². The number of thiophene rings is 1. The molecule has 2 aromatic heterocycles. The summed E-state index contributed by atoms with van der Waals surface area (Å²) < 4.78 is 2.00. The quantitative estimate of drug-likeness (QED) is 0.592. The van der Waals surface area contributed by atoms with Gasteiger partial charge in [0.25, 0.3) is 0 Å². The number of carbonyl (C=O) groups is 2. The van der Waals surface area contributed by atoms with Crippen LogP contribution in [0.2, 0.25) is 0 Å². The molecule has 9 heteroatoms. The molecule has 1 atom stereocenters. The number of nitrogens with one attached hydrogen (secondary N) is 1. The molecule has 0 saturated carbocycles. The summed E-state index contributed by atoms with van der Waals surface area (Å²) in [6.07, 6.45) is 0. The highest BCUT2D eigenvalue weighted by molar-refractivity contribution is 8.00. The Morgan fingerprint density at radius 2 is 2.00 bits per heavy atom. The molecular weight excluding hydrogens is 382 g/mol. The van der Waals surface area contributed by atoms with Crippen molar-refractivity contribution < 1.29 is 9.59 Å². The second-order valence-corrected chi connectivity index (χ2v) is 7.97. The number of anilines is 1. The number of benzene rings is 1. The van der Waals surface area contributed by atoms with Crippen LogP contribution in [0.15, 0.2) is 46.9 Å². The standard InChI is InChI=1S/C18H19N5O2S2/c1-3-23-16(14-5-4-10-26-14)21-22-18(23)27-11(2)17(25)20-13-8-6-12(7-9-13)15(19)24/h4-11H,3H2,1-2H3,(H2,19,24)(H,20,25). The average molecular weight is 402 g/mol. The van der Waals surface area contributed by atoms with Gasteiger partial charge in [-0.3, -0.25) is 9.59 Å². The molecule has 0 aliphatic rings. The first kappa shape index (κ1) is 19.1. The minimum absolute atomic E-state index is 0.157. The monoisotopic (exact) mass is 401 g/mol. The second kappa shape index (κ2) is 8.36. The normalized spacial score (nSPS) is 11.9. The van der Waals surface area contributed by atoms with E-state index in [1.807, 2.05) is 35.9 Å². The lowest BCUT2D eigenvalue weighted by Crippen LogP contribution is -2.23. The van der Waals surface area contributed by atoms with Crippen molar-refractivity contribution in [3.63, 3.8) is 0 Å². The molecule has 0 spiro atoms. The maximum Gasteiger partial charge on any atom is 0.248 e. The van der Waals surface area contributed by atoms with E-state index >= 15 is 0 Å².